The van der Waals surface area contributed by atoms with Gasteiger partial charge in [0.05, 0.1) is 12.7 Å². The minimum absolute atomic E-state index is 0. The number of aromatic nitrogens is 3. The second kappa shape index (κ2) is 7.86. The number of nitrogens with zero attached hydrogens (tertiary/aromatic N) is 4. The van der Waals surface area contributed by atoms with Gasteiger partial charge < -0.3 is 19.7 Å². The smallest absolute Gasteiger partial charge is 0.238 e. The normalized spacial score (nSPS) is 20.1. The molecule has 0 aliphatic carbocycles. The molecule has 1 atom stereocenters. The van der Waals surface area contributed by atoms with E-state index in [9.17, 15) is 5.11 Å². The molecule has 2 aliphatic rings. The van der Waals surface area contributed by atoms with E-state index in [-0.39, 0.29) is 36.8 Å². The minimum Gasteiger partial charge on any atom is -0.492 e. The molecule has 2 aliphatic heterocycles. The van der Waals surface area contributed by atoms with E-state index in [2.05, 4.69) is 24.8 Å². The van der Waals surface area contributed by atoms with Gasteiger partial charge in [0.1, 0.15) is 5.69 Å². The molecule has 9 heteroatoms. The highest BCUT2D eigenvalue weighted by Crippen LogP contribution is 2.32. The number of hydrogen-bond acceptors (Lipinski definition) is 6. The van der Waals surface area contributed by atoms with Gasteiger partial charge in [0, 0.05) is 36.6 Å². The van der Waals surface area contributed by atoms with Gasteiger partial charge in [-0.2, -0.15) is 4.98 Å². The third-order valence-corrected chi connectivity index (χ3v) is 3.96. The fraction of sp³-hybridized carbons (Fsp3) is 0.312. The maximum absolute atomic E-state index is 10.1. The molecular formula is C16H19Cl2N5O2. The molecule has 4 rings (SSSR count). The highest BCUT2D eigenvalue weighted by Gasteiger charge is 2.21. The summed E-state index contributed by atoms with van der Waals surface area (Å²) < 4.78 is 5.53. The van der Waals surface area contributed by atoms with Crippen LogP contribution in [-0.2, 0) is 4.74 Å². The lowest BCUT2D eigenvalue weighted by Gasteiger charge is -2.30. The Kier molecular flexibility index (Phi) is 6.05. The van der Waals surface area contributed by atoms with Crippen molar-refractivity contribution in [3.05, 3.63) is 29.6 Å². The van der Waals surface area contributed by atoms with Crippen LogP contribution >= 0.6 is 24.8 Å². The van der Waals surface area contributed by atoms with E-state index in [1.165, 1.54) is 0 Å². The average molecular weight is 384 g/mol. The second-order valence-electron chi connectivity index (χ2n) is 5.66. The Morgan fingerprint density at radius 1 is 1.40 bits per heavy atom. The summed E-state index contributed by atoms with van der Waals surface area (Å²) in [5.74, 6) is 1.34. The number of imidazole rings is 1. The van der Waals surface area contributed by atoms with E-state index in [0.29, 0.717) is 24.1 Å². The topological polar surface area (TPSA) is 86.6 Å². The van der Waals surface area contributed by atoms with Crippen LogP contribution in [-0.4, -0.2) is 52.1 Å². The van der Waals surface area contributed by atoms with Crippen molar-refractivity contribution in [1.29, 1.82) is 0 Å². The summed E-state index contributed by atoms with van der Waals surface area (Å²) in [6.07, 6.45) is 5.45. The number of aliphatic imine (C=N–C) groups is 1. The summed E-state index contributed by atoms with van der Waals surface area (Å²) in [4.78, 5) is 18.0. The molecule has 2 aromatic heterocycles. The molecule has 25 heavy (non-hydrogen) atoms. The Hall–Kier alpha value is -2.09. The number of ether oxygens (including phenoxy) is 1. The third-order valence-electron chi connectivity index (χ3n) is 3.96. The van der Waals surface area contributed by atoms with Crippen molar-refractivity contribution in [3.63, 3.8) is 0 Å². The SMILES string of the molecule is CC1CN(c2nc(O)c(C=C3C=Nc4ncccc43)[nH]2)CCO1.Cl.Cl. The number of halogens is 2. The van der Waals surface area contributed by atoms with Crippen molar-refractivity contribution in [2.45, 2.75) is 13.0 Å². The molecule has 0 saturated carbocycles. The Bertz CT molecular complexity index is 806. The fourth-order valence-electron chi connectivity index (χ4n) is 2.82. The van der Waals surface area contributed by atoms with Crippen molar-refractivity contribution in [3.8, 4) is 5.88 Å². The number of rotatable bonds is 2. The van der Waals surface area contributed by atoms with Gasteiger partial charge >= 0.3 is 0 Å². The van der Waals surface area contributed by atoms with Crippen molar-refractivity contribution in [2.24, 2.45) is 4.99 Å². The van der Waals surface area contributed by atoms with E-state index < -0.39 is 0 Å². The molecule has 7 nitrogen and oxygen atoms in total. The van der Waals surface area contributed by atoms with Gasteiger partial charge in [-0.05, 0) is 25.1 Å². The van der Waals surface area contributed by atoms with E-state index in [0.717, 1.165) is 24.2 Å². The maximum atomic E-state index is 10.1. The predicted molar refractivity (Wildman–Crippen MR) is 103 cm³/mol. The number of hydrogen-bond donors (Lipinski definition) is 2. The fourth-order valence-corrected chi connectivity index (χ4v) is 2.82. The predicted octanol–water partition coefficient (Wildman–Crippen LogP) is 2.84. The molecule has 0 spiro atoms. The van der Waals surface area contributed by atoms with Crippen LogP contribution in [0.4, 0.5) is 11.8 Å². The second-order valence-corrected chi connectivity index (χ2v) is 5.66. The molecule has 1 fully saturated rings. The van der Waals surface area contributed by atoms with Crippen LogP contribution in [0, 0.1) is 0 Å². The zero-order chi connectivity index (χ0) is 15.8. The molecule has 4 heterocycles. The summed E-state index contributed by atoms with van der Waals surface area (Å²) >= 11 is 0. The van der Waals surface area contributed by atoms with E-state index in [1.54, 1.807) is 12.4 Å². The number of allylic oxidation sites excluding steroid dienone is 1. The molecule has 1 unspecified atom stereocenters. The van der Waals surface area contributed by atoms with Gasteiger partial charge in [0.25, 0.3) is 0 Å². The number of nitrogens with one attached hydrogen (secondary N) is 1. The summed E-state index contributed by atoms with van der Waals surface area (Å²) in [7, 11) is 0. The Labute approximate surface area is 157 Å². The number of anilines is 1. The molecule has 1 saturated heterocycles. The van der Waals surface area contributed by atoms with Gasteiger partial charge in [0.15, 0.2) is 5.82 Å². The first kappa shape index (κ1) is 19.2. The lowest BCUT2D eigenvalue weighted by molar-refractivity contribution is 0.0526. The van der Waals surface area contributed by atoms with Crippen LogP contribution in [0.1, 0.15) is 18.2 Å². The van der Waals surface area contributed by atoms with Crippen LogP contribution in [0.2, 0.25) is 0 Å². The van der Waals surface area contributed by atoms with Crippen molar-refractivity contribution in [2.75, 3.05) is 24.6 Å². The van der Waals surface area contributed by atoms with Crippen LogP contribution in [0.3, 0.4) is 0 Å². The minimum atomic E-state index is -0.0163. The highest BCUT2D eigenvalue weighted by atomic mass is 35.5. The number of H-pyrrole nitrogens is 1. The summed E-state index contributed by atoms with van der Waals surface area (Å²) in [5, 5.41) is 10.1. The van der Waals surface area contributed by atoms with Crippen LogP contribution < -0.4 is 4.90 Å². The van der Waals surface area contributed by atoms with Gasteiger partial charge in [-0.15, -0.1) is 24.8 Å². The molecular weight excluding hydrogens is 365 g/mol. The lowest BCUT2D eigenvalue weighted by Crippen LogP contribution is -2.41. The first-order chi connectivity index (χ1) is 11.2. The number of fused-ring (bicyclic) bond motifs is 1. The van der Waals surface area contributed by atoms with Crippen LogP contribution in [0.15, 0.2) is 23.3 Å². The van der Waals surface area contributed by atoms with Gasteiger partial charge in [0.2, 0.25) is 11.8 Å². The summed E-state index contributed by atoms with van der Waals surface area (Å²) in [6.45, 7) is 4.18. The molecule has 0 bridgehead atoms. The number of morpholine rings is 1. The van der Waals surface area contributed by atoms with Gasteiger partial charge in [-0.3, -0.25) is 0 Å². The largest absolute Gasteiger partial charge is 0.492 e. The Balaban J connectivity index is 0.00000113. The van der Waals surface area contributed by atoms with Crippen molar-refractivity contribution < 1.29 is 9.84 Å². The van der Waals surface area contributed by atoms with Crippen LogP contribution in [0.25, 0.3) is 11.6 Å². The quantitative estimate of drug-likeness (QED) is 0.832. The molecule has 0 amide bonds. The molecule has 2 aromatic rings. The standard InChI is InChI=1S/C16H17N5O2.2ClH/c1-10-9-21(5-6-23-10)16-19-13(15(22)20-16)7-11-8-18-14-12(11)3-2-4-17-14;;/h2-4,7-8,10,22H,5-6,9H2,1H3,(H,19,20);2*1H. The van der Waals surface area contributed by atoms with Crippen molar-refractivity contribution >= 4 is 54.4 Å². The average Bonchev–Trinajstić information content (AvgIpc) is 3.13. The first-order valence-electron chi connectivity index (χ1n) is 7.57. The van der Waals surface area contributed by atoms with E-state index in [1.807, 2.05) is 25.1 Å². The Morgan fingerprint density at radius 2 is 2.24 bits per heavy atom. The highest BCUT2D eigenvalue weighted by molar-refractivity contribution is 6.20. The zero-order valence-corrected chi connectivity index (χ0v) is 15.2. The number of aromatic hydroxyl groups is 1. The van der Waals surface area contributed by atoms with Gasteiger partial charge in [-0.1, -0.05) is 0 Å². The Morgan fingerprint density at radius 3 is 3.04 bits per heavy atom. The molecule has 134 valence electrons. The molecule has 0 radical (unpaired) electrons. The van der Waals surface area contributed by atoms with Gasteiger partial charge in [-0.25, -0.2) is 9.98 Å². The lowest BCUT2D eigenvalue weighted by atomic mass is 10.1. The first-order valence-corrected chi connectivity index (χ1v) is 7.57. The third kappa shape index (κ3) is 3.78. The van der Waals surface area contributed by atoms with E-state index >= 15 is 0 Å². The van der Waals surface area contributed by atoms with E-state index in [4.69, 9.17) is 4.74 Å². The molecule has 2 N–H and O–H groups in total. The maximum Gasteiger partial charge on any atom is 0.238 e. The molecule has 0 aromatic carbocycles. The number of pyridine rings is 1. The summed E-state index contributed by atoms with van der Waals surface area (Å²) in [5.41, 5.74) is 2.41. The zero-order valence-electron chi connectivity index (χ0n) is 13.5. The number of aromatic amines is 1. The monoisotopic (exact) mass is 383 g/mol. The van der Waals surface area contributed by atoms with Crippen molar-refractivity contribution in [1.82, 2.24) is 15.0 Å². The summed E-state index contributed by atoms with van der Waals surface area (Å²) in [6, 6.07) is 3.83. The van der Waals surface area contributed by atoms with Crippen LogP contribution in [0.5, 0.6) is 5.88 Å².